The summed E-state index contributed by atoms with van der Waals surface area (Å²) in [5.41, 5.74) is 1.17. The Morgan fingerprint density at radius 2 is 2.50 bits per heavy atom. The third kappa shape index (κ3) is 4.13. The van der Waals surface area contributed by atoms with E-state index in [1.807, 2.05) is 24.2 Å². The van der Waals surface area contributed by atoms with Gasteiger partial charge in [0.15, 0.2) is 0 Å². The minimum atomic E-state index is 0.140. The number of nitrogens with one attached hydrogen (secondary N) is 1. The number of thioether (sulfide) groups is 1. The molecule has 80 valence electrons. The van der Waals surface area contributed by atoms with E-state index in [1.165, 1.54) is 5.56 Å². The molecule has 0 bridgehead atoms. The van der Waals surface area contributed by atoms with E-state index in [1.54, 1.807) is 4.68 Å². The Balaban J connectivity index is 2.22. The van der Waals surface area contributed by atoms with Gasteiger partial charge in [-0.2, -0.15) is 16.9 Å². The van der Waals surface area contributed by atoms with E-state index in [4.69, 9.17) is 5.11 Å². The first kappa shape index (κ1) is 11.6. The van der Waals surface area contributed by atoms with Gasteiger partial charge in [0.25, 0.3) is 0 Å². The van der Waals surface area contributed by atoms with Gasteiger partial charge in [0.05, 0.1) is 19.3 Å². The summed E-state index contributed by atoms with van der Waals surface area (Å²) in [4.78, 5) is 0. The highest BCUT2D eigenvalue weighted by molar-refractivity contribution is 7.98. The van der Waals surface area contributed by atoms with Crippen LogP contribution in [0.4, 0.5) is 0 Å². The van der Waals surface area contributed by atoms with Gasteiger partial charge in [-0.1, -0.05) is 0 Å². The van der Waals surface area contributed by atoms with Crippen molar-refractivity contribution in [3.63, 3.8) is 0 Å². The molecule has 4 nitrogen and oxygen atoms in total. The SMILES string of the molecule is CSCCNCc1cnn(CCO)c1. The Morgan fingerprint density at radius 1 is 1.64 bits per heavy atom. The largest absolute Gasteiger partial charge is 0.394 e. The van der Waals surface area contributed by atoms with Crippen LogP contribution in [0.15, 0.2) is 12.4 Å². The molecule has 0 amide bonds. The van der Waals surface area contributed by atoms with E-state index in [-0.39, 0.29) is 6.61 Å². The summed E-state index contributed by atoms with van der Waals surface area (Å²) >= 11 is 1.83. The number of aliphatic hydroxyl groups excluding tert-OH is 1. The zero-order valence-corrected chi connectivity index (χ0v) is 9.26. The highest BCUT2D eigenvalue weighted by Crippen LogP contribution is 1.97. The number of hydrogen-bond donors (Lipinski definition) is 2. The molecule has 1 aromatic heterocycles. The standard InChI is InChI=1S/C9H17N3OS/c1-14-5-2-10-6-9-7-11-12(8-9)3-4-13/h7-8,10,13H,2-6H2,1H3. The first-order chi connectivity index (χ1) is 6.86. The van der Waals surface area contributed by atoms with Crippen LogP contribution in [0.3, 0.4) is 0 Å². The van der Waals surface area contributed by atoms with Crippen molar-refractivity contribution in [1.29, 1.82) is 0 Å². The summed E-state index contributed by atoms with van der Waals surface area (Å²) in [6.45, 7) is 2.59. The van der Waals surface area contributed by atoms with Crippen LogP contribution in [0, 0.1) is 0 Å². The molecule has 0 saturated carbocycles. The van der Waals surface area contributed by atoms with E-state index in [2.05, 4.69) is 16.7 Å². The van der Waals surface area contributed by atoms with E-state index in [0.717, 1.165) is 18.8 Å². The maximum absolute atomic E-state index is 8.70. The molecular formula is C9H17N3OS. The van der Waals surface area contributed by atoms with Crippen LogP contribution in [-0.2, 0) is 13.1 Å². The molecule has 1 aromatic rings. The van der Waals surface area contributed by atoms with Crippen LogP contribution in [0.1, 0.15) is 5.56 Å². The summed E-state index contributed by atoms with van der Waals surface area (Å²) in [5, 5.41) is 16.1. The molecule has 1 heterocycles. The van der Waals surface area contributed by atoms with Gasteiger partial charge in [-0.05, 0) is 6.26 Å². The maximum Gasteiger partial charge on any atom is 0.0640 e. The fourth-order valence-corrected chi connectivity index (χ4v) is 1.48. The predicted octanol–water partition coefficient (Wildman–Crippen LogP) is 0.328. The first-order valence-corrected chi connectivity index (χ1v) is 6.08. The summed E-state index contributed by atoms with van der Waals surface area (Å²) in [5.74, 6) is 1.13. The van der Waals surface area contributed by atoms with Gasteiger partial charge in [-0.25, -0.2) is 0 Å². The van der Waals surface area contributed by atoms with Gasteiger partial charge in [0, 0.05) is 30.6 Å². The van der Waals surface area contributed by atoms with Gasteiger partial charge in [0.1, 0.15) is 0 Å². The Hall–Kier alpha value is -0.520. The first-order valence-electron chi connectivity index (χ1n) is 4.68. The van der Waals surface area contributed by atoms with Crippen molar-refractivity contribution in [3.8, 4) is 0 Å². The van der Waals surface area contributed by atoms with Crippen molar-refractivity contribution in [1.82, 2.24) is 15.1 Å². The number of aliphatic hydroxyl groups is 1. The van der Waals surface area contributed by atoms with E-state index >= 15 is 0 Å². The third-order valence-electron chi connectivity index (χ3n) is 1.83. The highest BCUT2D eigenvalue weighted by atomic mass is 32.2. The fourth-order valence-electron chi connectivity index (χ4n) is 1.13. The van der Waals surface area contributed by atoms with Crippen LogP contribution < -0.4 is 5.32 Å². The van der Waals surface area contributed by atoms with Crippen molar-refractivity contribution in [3.05, 3.63) is 18.0 Å². The topological polar surface area (TPSA) is 50.1 Å². The highest BCUT2D eigenvalue weighted by Gasteiger charge is 1.96. The Bertz CT molecular complexity index is 252. The lowest BCUT2D eigenvalue weighted by Crippen LogP contribution is -2.16. The average Bonchev–Trinajstić information content (AvgIpc) is 2.61. The Labute approximate surface area is 88.7 Å². The molecule has 0 aliphatic rings. The van der Waals surface area contributed by atoms with Gasteiger partial charge in [-0.3, -0.25) is 4.68 Å². The van der Waals surface area contributed by atoms with Gasteiger partial charge in [-0.15, -0.1) is 0 Å². The molecule has 0 aromatic carbocycles. The van der Waals surface area contributed by atoms with E-state index in [0.29, 0.717) is 6.54 Å². The number of rotatable bonds is 7. The summed E-state index contributed by atoms with van der Waals surface area (Å²) in [6, 6.07) is 0. The molecule has 0 atom stereocenters. The lowest BCUT2D eigenvalue weighted by atomic mass is 10.3. The second-order valence-electron chi connectivity index (χ2n) is 3.00. The Kier molecular flexibility index (Phi) is 5.66. The molecule has 0 saturated heterocycles. The van der Waals surface area contributed by atoms with Crippen LogP contribution in [0.5, 0.6) is 0 Å². The predicted molar refractivity (Wildman–Crippen MR) is 59.4 cm³/mol. The molecular weight excluding hydrogens is 198 g/mol. The van der Waals surface area contributed by atoms with Gasteiger partial charge < -0.3 is 10.4 Å². The van der Waals surface area contributed by atoms with Crippen molar-refractivity contribution in [2.24, 2.45) is 0 Å². The van der Waals surface area contributed by atoms with Crippen LogP contribution in [0.25, 0.3) is 0 Å². The summed E-state index contributed by atoms with van der Waals surface area (Å²) in [7, 11) is 0. The van der Waals surface area contributed by atoms with E-state index in [9.17, 15) is 0 Å². The smallest absolute Gasteiger partial charge is 0.0640 e. The van der Waals surface area contributed by atoms with Crippen LogP contribution >= 0.6 is 11.8 Å². The molecule has 14 heavy (non-hydrogen) atoms. The minimum Gasteiger partial charge on any atom is -0.394 e. The monoisotopic (exact) mass is 215 g/mol. The number of nitrogens with zero attached hydrogens (tertiary/aromatic N) is 2. The number of aromatic nitrogens is 2. The van der Waals surface area contributed by atoms with Crippen molar-refractivity contribution < 1.29 is 5.11 Å². The molecule has 0 radical (unpaired) electrons. The minimum absolute atomic E-state index is 0.140. The molecule has 0 unspecified atom stereocenters. The van der Waals surface area contributed by atoms with Crippen molar-refractivity contribution in [2.75, 3.05) is 25.2 Å². The van der Waals surface area contributed by atoms with Gasteiger partial charge >= 0.3 is 0 Å². The maximum atomic E-state index is 8.70. The van der Waals surface area contributed by atoms with Crippen molar-refractivity contribution in [2.45, 2.75) is 13.1 Å². The second kappa shape index (κ2) is 6.86. The molecule has 0 aliphatic carbocycles. The molecule has 5 heteroatoms. The molecule has 1 rings (SSSR count). The Morgan fingerprint density at radius 3 is 3.21 bits per heavy atom. The molecule has 2 N–H and O–H groups in total. The van der Waals surface area contributed by atoms with Gasteiger partial charge in [0.2, 0.25) is 0 Å². The normalized spacial score (nSPS) is 10.7. The lowest BCUT2D eigenvalue weighted by Gasteiger charge is -2.00. The second-order valence-corrected chi connectivity index (χ2v) is 3.99. The fraction of sp³-hybridized carbons (Fsp3) is 0.667. The average molecular weight is 215 g/mol. The van der Waals surface area contributed by atoms with Crippen LogP contribution in [0.2, 0.25) is 0 Å². The molecule has 0 aliphatic heterocycles. The zero-order chi connectivity index (χ0) is 10.2. The van der Waals surface area contributed by atoms with Crippen molar-refractivity contribution >= 4 is 11.8 Å². The summed E-state index contributed by atoms with van der Waals surface area (Å²) in [6.07, 6.45) is 5.89. The summed E-state index contributed by atoms with van der Waals surface area (Å²) < 4.78 is 1.76. The number of hydrogen-bond acceptors (Lipinski definition) is 4. The quantitative estimate of drug-likeness (QED) is 0.644. The van der Waals surface area contributed by atoms with Crippen LogP contribution in [-0.4, -0.2) is 40.0 Å². The molecule has 0 fully saturated rings. The molecule has 0 spiro atoms. The van der Waals surface area contributed by atoms with E-state index < -0.39 is 0 Å². The third-order valence-corrected chi connectivity index (χ3v) is 2.44. The lowest BCUT2D eigenvalue weighted by molar-refractivity contribution is 0.269. The zero-order valence-electron chi connectivity index (χ0n) is 8.44.